The summed E-state index contributed by atoms with van der Waals surface area (Å²) in [7, 11) is -2.62. The number of rotatable bonds is 29. The Balaban J connectivity index is -0.000000614. The molecule has 0 aliphatic carbocycles. The molecule has 5 nitrogen and oxygen atoms in total. The molecular weight excluding hydrogens is 519 g/mol. The first-order chi connectivity index (χ1) is 19.5. The zero-order valence-corrected chi connectivity index (χ0v) is 28.4. The van der Waals surface area contributed by atoms with Gasteiger partial charge in [-0.25, -0.2) is 0 Å². The van der Waals surface area contributed by atoms with Crippen molar-refractivity contribution in [3.05, 3.63) is 0 Å². The van der Waals surface area contributed by atoms with Gasteiger partial charge in [0.05, 0.1) is 12.7 Å². The van der Waals surface area contributed by atoms with Gasteiger partial charge in [0, 0.05) is 0 Å². The normalized spacial score (nSPS) is 11.6. The Morgan fingerprint density at radius 3 is 0.725 bits per heavy atom. The molecule has 0 bridgehead atoms. The maximum Gasteiger partial charge on any atom is 0.324 e. The minimum Gasteiger partial charge on any atom is -0.394 e. The Hall–Kier alpha value is 0.230. The number of hydrogen-bond donors (Lipinski definition) is 5. The summed E-state index contributed by atoms with van der Waals surface area (Å²) in [4.78, 5) is 21.7. The summed E-state index contributed by atoms with van der Waals surface area (Å²) < 4.78 is 0. The predicted molar refractivity (Wildman–Crippen MR) is 178 cm³/mol. The van der Waals surface area contributed by atoms with Gasteiger partial charge in [0.1, 0.15) is 0 Å². The molecule has 1 atom stereocenters. The quantitative estimate of drug-likeness (QED) is 0.0438. The Kier molecular flexibility index (Phi) is 48.8. The van der Waals surface area contributed by atoms with Crippen LogP contribution in [0.2, 0.25) is 0 Å². The standard InChI is InChI=1S/C18H38O2.C16H34.H3O3P/c1-2-3-4-5-6-7-8-9-10-11-12-13-14-15-16-18(20)17-19;1-3-5-7-9-11-13-15-16-14-12-10-8-6-4-2;1-4(2)3/h18-20H,2-17H2,1H3;3-16H2,1-2H3;1-3H. The van der Waals surface area contributed by atoms with E-state index in [1.54, 1.807) is 0 Å². The maximum atomic E-state index is 9.20. The molecule has 0 amide bonds. The summed E-state index contributed by atoms with van der Waals surface area (Å²) in [5.41, 5.74) is 0. The molecule has 0 aromatic rings. The van der Waals surface area contributed by atoms with E-state index in [2.05, 4.69) is 20.8 Å². The minimum absolute atomic E-state index is 0.0849. The lowest BCUT2D eigenvalue weighted by Crippen LogP contribution is -2.10. The van der Waals surface area contributed by atoms with Gasteiger partial charge in [-0.05, 0) is 6.42 Å². The second kappa shape index (κ2) is 43.7. The Morgan fingerprint density at radius 1 is 0.375 bits per heavy atom. The van der Waals surface area contributed by atoms with Crippen LogP contribution < -0.4 is 0 Å². The van der Waals surface area contributed by atoms with E-state index >= 15 is 0 Å². The van der Waals surface area contributed by atoms with Crippen molar-refractivity contribution in [3.8, 4) is 0 Å². The molecule has 0 spiro atoms. The average molecular weight is 595 g/mol. The summed E-state index contributed by atoms with van der Waals surface area (Å²) in [6.45, 7) is 6.77. The largest absolute Gasteiger partial charge is 0.394 e. The van der Waals surface area contributed by atoms with Gasteiger partial charge < -0.3 is 24.9 Å². The van der Waals surface area contributed by atoms with E-state index in [4.69, 9.17) is 19.8 Å². The summed E-state index contributed by atoms with van der Waals surface area (Å²) in [6.07, 6.45) is 39.7. The minimum atomic E-state index is -2.62. The van der Waals surface area contributed by atoms with Crippen molar-refractivity contribution in [2.24, 2.45) is 0 Å². The molecule has 0 aliphatic heterocycles. The van der Waals surface area contributed by atoms with E-state index in [1.165, 1.54) is 173 Å². The third-order valence-electron chi connectivity index (χ3n) is 7.56. The second-order valence-corrected chi connectivity index (χ2v) is 12.3. The van der Waals surface area contributed by atoms with Crippen LogP contribution in [0.25, 0.3) is 0 Å². The zero-order valence-electron chi connectivity index (χ0n) is 27.5. The molecule has 0 aliphatic rings. The third-order valence-corrected chi connectivity index (χ3v) is 7.56. The second-order valence-electron chi connectivity index (χ2n) is 11.7. The van der Waals surface area contributed by atoms with Crippen LogP contribution in [0.3, 0.4) is 0 Å². The monoisotopic (exact) mass is 595 g/mol. The average Bonchev–Trinajstić information content (AvgIpc) is 2.93. The summed E-state index contributed by atoms with van der Waals surface area (Å²) in [5, 5.41) is 17.9. The first-order valence-electron chi connectivity index (χ1n) is 17.6. The molecule has 0 heterocycles. The van der Waals surface area contributed by atoms with Crippen molar-refractivity contribution in [2.45, 2.75) is 213 Å². The van der Waals surface area contributed by atoms with E-state index in [0.29, 0.717) is 0 Å². The Labute approximate surface area is 253 Å². The highest BCUT2D eigenvalue weighted by Crippen LogP contribution is 2.15. The Morgan fingerprint density at radius 2 is 0.550 bits per heavy atom. The van der Waals surface area contributed by atoms with Gasteiger partial charge in [-0.2, -0.15) is 0 Å². The lowest BCUT2D eigenvalue weighted by atomic mass is 10.0. The number of unbranched alkanes of at least 4 members (excludes halogenated alkanes) is 26. The van der Waals surface area contributed by atoms with Gasteiger partial charge in [-0.15, -0.1) is 0 Å². The van der Waals surface area contributed by atoms with Crippen molar-refractivity contribution in [1.82, 2.24) is 0 Å². The summed E-state index contributed by atoms with van der Waals surface area (Å²) >= 11 is 0. The first kappa shape index (κ1) is 44.7. The van der Waals surface area contributed by atoms with Gasteiger partial charge in [0.25, 0.3) is 0 Å². The maximum absolute atomic E-state index is 9.20. The van der Waals surface area contributed by atoms with Crippen LogP contribution in [0.15, 0.2) is 0 Å². The van der Waals surface area contributed by atoms with Crippen molar-refractivity contribution < 1.29 is 24.9 Å². The van der Waals surface area contributed by atoms with Crippen LogP contribution in [0, 0.1) is 0 Å². The molecule has 1 unspecified atom stereocenters. The highest BCUT2D eigenvalue weighted by Gasteiger charge is 2.00. The van der Waals surface area contributed by atoms with Crippen LogP contribution in [0.4, 0.5) is 0 Å². The van der Waals surface area contributed by atoms with Crippen LogP contribution in [-0.4, -0.2) is 37.6 Å². The van der Waals surface area contributed by atoms with Crippen LogP contribution in [0.5, 0.6) is 0 Å². The van der Waals surface area contributed by atoms with Crippen molar-refractivity contribution in [3.63, 3.8) is 0 Å². The molecule has 6 heteroatoms. The number of aliphatic hydroxyl groups excluding tert-OH is 2. The van der Waals surface area contributed by atoms with Crippen molar-refractivity contribution in [1.29, 1.82) is 0 Å². The molecule has 0 saturated heterocycles. The molecule has 0 fully saturated rings. The SMILES string of the molecule is CCCCCCCCCCCCCCCC.CCCCCCCCCCCCCCCCC(O)CO.OP(O)O. The van der Waals surface area contributed by atoms with E-state index in [0.717, 1.165) is 12.8 Å². The van der Waals surface area contributed by atoms with Crippen LogP contribution in [-0.2, 0) is 0 Å². The van der Waals surface area contributed by atoms with Crippen LogP contribution in [0.1, 0.15) is 207 Å². The van der Waals surface area contributed by atoms with Gasteiger partial charge in [-0.1, -0.05) is 201 Å². The number of hydrogen-bond acceptors (Lipinski definition) is 5. The molecule has 0 aromatic heterocycles. The fourth-order valence-electron chi connectivity index (χ4n) is 4.93. The molecule has 5 N–H and O–H groups in total. The van der Waals surface area contributed by atoms with E-state index < -0.39 is 14.7 Å². The predicted octanol–water partition coefficient (Wildman–Crippen LogP) is 10.9. The topological polar surface area (TPSA) is 101 Å². The molecule has 0 aromatic carbocycles. The number of aliphatic hydroxyl groups is 2. The Bertz CT molecular complexity index is 382. The summed E-state index contributed by atoms with van der Waals surface area (Å²) in [6, 6.07) is 0. The van der Waals surface area contributed by atoms with Gasteiger partial charge >= 0.3 is 8.60 Å². The first-order valence-corrected chi connectivity index (χ1v) is 18.8. The lowest BCUT2D eigenvalue weighted by molar-refractivity contribution is 0.0860. The highest BCUT2D eigenvalue weighted by molar-refractivity contribution is 7.38. The van der Waals surface area contributed by atoms with Crippen molar-refractivity contribution >= 4 is 8.60 Å². The van der Waals surface area contributed by atoms with E-state index in [-0.39, 0.29) is 6.61 Å². The fourth-order valence-corrected chi connectivity index (χ4v) is 4.93. The third kappa shape index (κ3) is 54.3. The van der Waals surface area contributed by atoms with E-state index in [9.17, 15) is 5.11 Å². The molecule has 0 radical (unpaired) electrons. The summed E-state index contributed by atoms with van der Waals surface area (Å²) in [5.74, 6) is 0. The fraction of sp³-hybridized carbons (Fsp3) is 1.00. The molecule has 40 heavy (non-hydrogen) atoms. The smallest absolute Gasteiger partial charge is 0.324 e. The molecular formula is C34H75O5P. The van der Waals surface area contributed by atoms with Gasteiger partial charge in [0.15, 0.2) is 0 Å². The van der Waals surface area contributed by atoms with Gasteiger partial charge in [0.2, 0.25) is 0 Å². The highest BCUT2D eigenvalue weighted by atomic mass is 31.2. The molecule has 246 valence electrons. The van der Waals surface area contributed by atoms with Crippen LogP contribution >= 0.6 is 8.60 Å². The molecule has 0 saturated carbocycles. The lowest BCUT2D eigenvalue weighted by Gasteiger charge is -2.06. The van der Waals surface area contributed by atoms with Crippen molar-refractivity contribution in [2.75, 3.05) is 6.61 Å². The van der Waals surface area contributed by atoms with Gasteiger partial charge in [-0.3, -0.25) is 0 Å². The molecule has 0 rings (SSSR count). The zero-order chi connectivity index (χ0) is 30.4. The van der Waals surface area contributed by atoms with E-state index in [1.807, 2.05) is 0 Å².